The Balaban J connectivity index is 1.55. The Bertz CT molecular complexity index is 2360. The summed E-state index contributed by atoms with van der Waals surface area (Å²) in [6.07, 6.45) is 1.74. The predicted octanol–water partition coefficient (Wildman–Crippen LogP) is 6.81. The summed E-state index contributed by atoms with van der Waals surface area (Å²) in [5, 5.41) is 11.1. The van der Waals surface area contributed by atoms with E-state index in [1.807, 2.05) is 42.5 Å². The average molecular weight is 883 g/mol. The molecule has 11 nitrogen and oxygen atoms in total. The van der Waals surface area contributed by atoms with Gasteiger partial charge < -0.3 is 18.9 Å². The highest BCUT2D eigenvalue weighted by atomic mass is 127. The van der Waals surface area contributed by atoms with Crippen LogP contribution in [0.25, 0.3) is 11.8 Å². The Kier molecular flexibility index (Phi) is 11.0. The number of halogens is 2. The zero-order valence-electron chi connectivity index (χ0n) is 27.4. The minimum Gasteiger partial charge on any atom is -0.493 e. The highest BCUT2D eigenvalue weighted by molar-refractivity contribution is 14.1. The number of methoxy groups -OCH3 is 2. The standard InChI is InChI=1S/C37H29BrIN3O8S/c1-4-49-36(44)31-32(22-8-6-5-7-9-22)40-37-41(33(31)23-12-15-28(47-2)29(17-23)48-3)35(43)30(51-37)18-24-16-25(38)19-27(39)34(24)50-20-21-10-13-26(14-11-21)42(45)46/h5-19,33H,4,20H2,1-3H3/b30-18-/t33-/m0/s1. The Morgan fingerprint density at radius 1 is 1.04 bits per heavy atom. The zero-order valence-corrected chi connectivity index (χ0v) is 32.0. The maximum absolute atomic E-state index is 14.5. The fourth-order valence-corrected chi connectivity index (χ4v) is 8.33. The number of nitrogens with zero attached hydrogens (tertiary/aromatic N) is 3. The fraction of sp³-hybridized carbons (Fsp3) is 0.162. The Labute approximate surface area is 317 Å². The Morgan fingerprint density at radius 2 is 1.76 bits per heavy atom. The molecular formula is C37H29BrIN3O8S. The summed E-state index contributed by atoms with van der Waals surface area (Å²) in [6.45, 7) is 1.99. The Morgan fingerprint density at radius 3 is 2.43 bits per heavy atom. The van der Waals surface area contributed by atoms with Gasteiger partial charge in [0.05, 0.1) is 51.2 Å². The van der Waals surface area contributed by atoms with Gasteiger partial charge in [-0.2, -0.15) is 0 Å². The lowest BCUT2D eigenvalue weighted by molar-refractivity contribution is -0.384. The number of nitro benzene ring substituents is 1. The van der Waals surface area contributed by atoms with E-state index < -0.39 is 16.9 Å². The number of non-ortho nitro benzene ring substituents is 1. The second-order valence-corrected chi connectivity index (χ2v) is 14.2. The van der Waals surface area contributed by atoms with Gasteiger partial charge in [0.1, 0.15) is 12.4 Å². The fourth-order valence-electron chi connectivity index (χ4n) is 5.63. The molecule has 5 aromatic rings. The third-order valence-corrected chi connectivity index (χ3v) is 10.2. The van der Waals surface area contributed by atoms with Crippen LogP contribution in [0.15, 0.2) is 105 Å². The molecule has 1 atom stereocenters. The highest BCUT2D eigenvalue weighted by Gasteiger charge is 2.35. The minimum absolute atomic E-state index is 0.0130. The third-order valence-electron chi connectivity index (χ3n) is 7.95. The SMILES string of the molecule is CCOC(=O)C1=C(c2ccccc2)N=c2s/c(=C\c3cc(Br)cc(I)c3OCc3ccc([N+](=O)[O-])cc3)c(=O)n2[C@H]1c1ccc(OC)c(OC)c1. The van der Waals surface area contributed by atoms with Gasteiger partial charge in [0.25, 0.3) is 11.2 Å². The number of aromatic nitrogens is 1. The third kappa shape index (κ3) is 7.48. The molecule has 14 heteroatoms. The molecule has 51 heavy (non-hydrogen) atoms. The largest absolute Gasteiger partial charge is 0.493 e. The number of carbonyl (C=O) groups excluding carboxylic acids is 1. The van der Waals surface area contributed by atoms with Crippen molar-refractivity contribution >= 4 is 73.3 Å². The molecule has 1 aliphatic rings. The van der Waals surface area contributed by atoms with Crippen LogP contribution in [0.3, 0.4) is 0 Å². The maximum atomic E-state index is 14.5. The number of thiazole rings is 1. The van der Waals surface area contributed by atoms with E-state index >= 15 is 0 Å². The molecule has 6 rings (SSSR count). The molecule has 0 amide bonds. The van der Waals surface area contributed by atoms with Crippen molar-refractivity contribution in [2.24, 2.45) is 4.99 Å². The van der Waals surface area contributed by atoms with Crippen LogP contribution < -0.4 is 29.1 Å². The van der Waals surface area contributed by atoms with Crippen molar-refractivity contribution in [3.63, 3.8) is 0 Å². The molecule has 0 fully saturated rings. The monoisotopic (exact) mass is 881 g/mol. The summed E-state index contributed by atoms with van der Waals surface area (Å²) >= 11 is 6.92. The number of rotatable bonds is 11. The van der Waals surface area contributed by atoms with E-state index in [0.717, 1.165) is 13.6 Å². The predicted molar refractivity (Wildman–Crippen MR) is 205 cm³/mol. The van der Waals surface area contributed by atoms with Crippen LogP contribution in [-0.4, -0.2) is 36.3 Å². The lowest BCUT2D eigenvalue weighted by atomic mass is 9.93. The smallest absolute Gasteiger partial charge is 0.338 e. The van der Waals surface area contributed by atoms with Gasteiger partial charge in [0, 0.05) is 27.7 Å². The number of benzene rings is 4. The van der Waals surface area contributed by atoms with E-state index in [9.17, 15) is 19.7 Å². The van der Waals surface area contributed by atoms with Crippen molar-refractivity contribution in [3.8, 4) is 17.2 Å². The van der Waals surface area contributed by atoms with Gasteiger partial charge in [-0.1, -0.05) is 63.7 Å². The molecule has 1 aliphatic heterocycles. The van der Waals surface area contributed by atoms with E-state index in [0.29, 0.717) is 49.0 Å². The average Bonchev–Trinajstić information content (AvgIpc) is 3.44. The van der Waals surface area contributed by atoms with Crippen molar-refractivity contribution in [1.29, 1.82) is 0 Å². The summed E-state index contributed by atoms with van der Waals surface area (Å²) < 4.78 is 26.3. The molecule has 1 aromatic heterocycles. The first-order chi connectivity index (χ1) is 24.6. The first-order valence-electron chi connectivity index (χ1n) is 15.5. The summed E-state index contributed by atoms with van der Waals surface area (Å²) in [5.41, 5.74) is 2.85. The highest BCUT2D eigenvalue weighted by Crippen LogP contribution is 2.39. The molecule has 0 N–H and O–H groups in total. The van der Waals surface area contributed by atoms with Crippen LogP contribution in [0.1, 0.15) is 35.2 Å². The molecule has 4 aromatic carbocycles. The topological polar surface area (TPSA) is 131 Å². The zero-order chi connectivity index (χ0) is 36.2. The molecule has 0 saturated carbocycles. The van der Waals surface area contributed by atoms with E-state index in [1.54, 1.807) is 43.3 Å². The summed E-state index contributed by atoms with van der Waals surface area (Å²) in [5.74, 6) is 0.843. The number of nitro groups is 1. The van der Waals surface area contributed by atoms with Gasteiger partial charge in [-0.25, -0.2) is 9.79 Å². The van der Waals surface area contributed by atoms with Crippen LogP contribution in [0.2, 0.25) is 0 Å². The number of hydrogen-bond acceptors (Lipinski definition) is 10. The molecule has 0 bridgehead atoms. The second-order valence-electron chi connectivity index (χ2n) is 11.1. The summed E-state index contributed by atoms with van der Waals surface area (Å²) in [4.78, 5) is 44.4. The summed E-state index contributed by atoms with van der Waals surface area (Å²) in [7, 11) is 3.05. The molecule has 260 valence electrons. The van der Waals surface area contributed by atoms with Gasteiger partial charge in [0.2, 0.25) is 0 Å². The van der Waals surface area contributed by atoms with E-state index in [2.05, 4.69) is 38.5 Å². The first kappa shape index (κ1) is 36.0. The van der Waals surface area contributed by atoms with Gasteiger partial charge in [-0.15, -0.1) is 0 Å². The lowest BCUT2D eigenvalue weighted by Gasteiger charge is -2.26. The van der Waals surface area contributed by atoms with Crippen LogP contribution in [0.5, 0.6) is 17.2 Å². The molecule has 2 heterocycles. The van der Waals surface area contributed by atoms with Crippen LogP contribution in [0, 0.1) is 13.7 Å². The van der Waals surface area contributed by atoms with E-state index in [4.69, 9.17) is 23.9 Å². The van der Waals surface area contributed by atoms with Gasteiger partial charge >= 0.3 is 5.97 Å². The van der Waals surface area contributed by atoms with Gasteiger partial charge in [-0.05, 0) is 83.1 Å². The van der Waals surface area contributed by atoms with Gasteiger partial charge in [0.15, 0.2) is 16.3 Å². The van der Waals surface area contributed by atoms with Gasteiger partial charge in [-0.3, -0.25) is 19.5 Å². The number of esters is 1. The van der Waals surface area contributed by atoms with E-state index in [1.165, 1.54) is 42.3 Å². The number of carbonyl (C=O) groups is 1. The molecule has 0 aliphatic carbocycles. The lowest BCUT2D eigenvalue weighted by Crippen LogP contribution is -2.40. The molecule has 0 saturated heterocycles. The normalized spacial score (nSPS) is 14.1. The first-order valence-corrected chi connectivity index (χ1v) is 18.2. The van der Waals surface area contributed by atoms with Crippen molar-refractivity contribution in [3.05, 3.63) is 151 Å². The second kappa shape index (κ2) is 15.6. The van der Waals surface area contributed by atoms with Crippen LogP contribution >= 0.6 is 49.9 Å². The van der Waals surface area contributed by atoms with Crippen LogP contribution in [-0.2, 0) is 16.1 Å². The minimum atomic E-state index is -0.919. The molecule has 0 unspecified atom stereocenters. The summed E-state index contributed by atoms with van der Waals surface area (Å²) in [6, 6.07) is 23.5. The number of ether oxygens (including phenoxy) is 4. The number of hydrogen-bond donors (Lipinski definition) is 0. The van der Waals surface area contributed by atoms with Crippen LogP contribution in [0.4, 0.5) is 5.69 Å². The quantitative estimate of drug-likeness (QED) is 0.0613. The molecule has 0 radical (unpaired) electrons. The maximum Gasteiger partial charge on any atom is 0.338 e. The van der Waals surface area contributed by atoms with Crippen molar-refractivity contribution in [2.45, 2.75) is 19.6 Å². The molecular weight excluding hydrogens is 853 g/mol. The van der Waals surface area contributed by atoms with Crippen molar-refractivity contribution < 1.29 is 28.7 Å². The van der Waals surface area contributed by atoms with E-state index in [-0.39, 0.29) is 30.0 Å². The molecule has 0 spiro atoms. The number of fused-ring (bicyclic) bond motifs is 1. The van der Waals surface area contributed by atoms with Crippen molar-refractivity contribution in [2.75, 3.05) is 20.8 Å². The van der Waals surface area contributed by atoms with Crippen molar-refractivity contribution in [1.82, 2.24) is 4.57 Å². The Hall–Kier alpha value is -4.80.